The van der Waals surface area contributed by atoms with Crippen molar-refractivity contribution in [2.45, 2.75) is 25.6 Å². The van der Waals surface area contributed by atoms with Gasteiger partial charge in [0.1, 0.15) is 0 Å². The Morgan fingerprint density at radius 2 is 2.09 bits per heavy atom. The van der Waals surface area contributed by atoms with Crippen LogP contribution in [0.1, 0.15) is 18.4 Å². The van der Waals surface area contributed by atoms with Crippen molar-refractivity contribution >= 4 is 17.5 Å². The van der Waals surface area contributed by atoms with Crippen molar-refractivity contribution in [3.63, 3.8) is 0 Å². The van der Waals surface area contributed by atoms with Gasteiger partial charge in [-0.25, -0.2) is 0 Å². The Hall–Kier alpha value is -1.14. The van der Waals surface area contributed by atoms with Crippen molar-refractivity contribution in [1.82, 2.24) is 4.90 Å². The highest BCUT2D eigenvalue weighted by Crippen LogP contribution is 2.17. The third-order valence-electron chi connectivity index (χ3n) is 3.98. The number of primary amides is 1. The number of carbonyl (C=O) groups excluding carboxylic acids is 1. The highest BCUT2D eigenvalue weighted by Gasteiger charge is 2.24. The van der Waals surface area contributed by atoms with Crippen LogP contribution in [-0.4, -0.2) is 48.3 Å². The van der Waals surface area contributed by atoms with E-state index in [9.17, 15) is 9.90 Å². The molecule has 0 saturated carbocycles. The van der Waals surface area contributed by atoms with Crippen molar-refractivity contribution in [3.05, 3.63) is 34.9 Å². The minimum absolute atomic E-state index is 0.0233. The van der Waals surface area contributed by atoms with E-state index in [1.165, 1.54) is 0 Å². The van der Waals surface area contributed by atoms with Gasteiger partial charge in [0.15, 0.2) is 0 Å². The van der Waals surface area contributed by atoms with Crippen LogP contribution in [0.3, 0.4) is 0 Å². The molecule has 3 N–H and O–H groups in total. The zero-order chi connectivity index (χ0) is 15.9. The fourth-order valence-corrected chi connectivity index (χ4v) is 2.86. The molecule has 1 aliphatic rings. The van der Waals surface area contributed by atoms with E-state index in [4.69, 9.17) is 22.1 Å². The van der Waals surface area contributed by atoms with E-state index in [0.29, 0.717) is 18.2 Å². The molecular weight excluding hydrogens is 304 g/mol. The Morgan fingerprint density at radius 1 is 1.41 bits per heavy atom. The topological polar surface area (TPSA) is 75.8 Å². The van der Waals surface area contributed by atoms with Gasteiger partial charge in [-0.3, -0.25) is 4.79 Å². The van der Waals surface area contributed by atoms with Gasteiger partial charge in [0.05, 0.1) is 19.3 Å². The van der Waals surface area contributed by atoms with E-state index >= 15 is 0 Å². The summed E-state index contributed by atoms with van der Waals surface area (Å²) in [7, 11) is 0. The first-order valence-electron chi connectivity index (χ1n) is 7.57. The molecule has 0 aromatic heterocycles. The maximum atomic E-state index is 11.1. The number of aliphatic hydroxyl groups is 1. The summed E-state index contributed by atoms with van der Waals surface area (Å²) in [5.41, 5.74) is 6.22. The first-order chi connectivity index (χ1) is 10.6. The van der Waals surface area contributed by atoms with Gasteiger partial charge in [0, 0.05) is 17.5 Å². The first kappa shape index (κ1) is 17.2. The Morgan fingerprint density at radius 3 is 2.73 bits per heavy atom. The molecule has 1 amide bonds. The van der Waals surface area contributed by atoms with Crippen LogP contribution >= 0.6 is 11.6 Å². The number of β-amino-alcohol motifs (C(OH)–C–C–N with tert-alkyl or cyclic N) is 1. The molecule has 5 nitrogen and oxygen atoms in total. The number of ether oxygens (including phenoxy) is 1. The predicted molar refractivity (Wildman–Crippen MR) is 85.5 cm³/mol. The highest BCUT2D eigenvalue weighted by atomic mass is 35.5. The Kier molecular flexibility index (Phi) is 6.64. The third-order valence-corrected chi connectivity index (χ3v) is 4.35. The Labute approximate surface area is 136 Å². The van der Waals surface area contributed by atoms with Gasteiger partial charge in [-0.1, -0.05) is 29.8 Å². The molecule has 1 aliphatic heterocycles. The van der Waals surface area contributed by atoms with Gasteiger partial charge in [0.25, 0.3) is 0 Å². The second-order valence-corrected chi connectivity index (χ2v) is 6.14. The summed E-state index contributed by atoms with van der Waals surface area (Å²) in [5.74, 6) is -0.242. The molecule has 0 spiro atoms. The van der Waals surface area contributed by atoms with Crippen LogP contribution in [0.25, 0.3) is 0 Å². The lowest BCUT2D eigenvalue weighted by Gasteiger charge is -2.31. The van der Waals surface area contributed by atoms with Crippen molar-refractivity contribution < 1.29 is 14.6 Å². The summed E-state index contributed by atoms with van der Waals surface area (Å²) in [6.45, 7) is 2.78. The molecule has 0 radical (unpaired) electrons. The molecule has 1 aromatic carbocycles. The second-order valence-electron chi connectivity index (χ2n) is 5.74. The average Bonchev–Trinajstić information content (AvgIpc) is 2.50. The van der Waals surface area contributed by atoms with Crippen LogP contribution in [0, 0.1) is 5.92 Å². The zero-order valence-corrected chi connectivity index (χ0v) is 13.3. The fourth-order valence-electron chi connectivity index (χ4n) is 2.67. The van der Waals surface area contributed by atoms with Crippen molar-refractivity contribution in [1.29, 1.82) is 0 Å². The number of rotatable bonds is 7. The second kappa shape index (κ2) is 8.48. The number of likely N-dealkylation sites (tertiary alicyclic amines) is 1. The van der Waals surface area contributed by atoms with E-state index in [2.05, 4.69) is 4.90 Å². The van der Waals surface area contributed by atoms with Gasteiger partial charge in [-0.15, -0.1) is 0 Å². The lowest BCUT2D eigenvalue weighted by atomic mass is 9.96. The van der Waals surface area contributed by atoms with Crippen LogP contribution in [0.4, 0.5) is 0 Å². The summed E-state index contributed by atoms with van der Waals surface area (Å²) < 4.78 is 5.53. The number of hydrogen-bond acceptors (Lipinski definition) is 4. The molecule has 0 aliphatic carbocycles. The first-order valence-corrected chi connectivity index (χ1v) is 7.95. The van der Waals surface area contributed by atoms with Crippen molar-refractivity contribution in [2.24, 2.45) is 11.7 Å². The van der Waals surface area contributed by atoms with Gasteiger partial charge >= 0.3 is 0 Å². The maximum Gasteiger partial charge on any atom is 0.220 e. The molecule has 122 valence electrons. The van der Waals surface area contributed by atoms with Crippen molar-refractivity contribution in [2.75, 3.05) is 26.2 Å². The maximum absolute atomic E-state index is 11.1. The molecule has 1 saturated heterocycles. The molecule has 0 unspecified atom stereocenters. The number of aliphatic hydroxyl groups excluding tert-OH is 1. The normalized spacial score (nSPS) is 18.3. The number of amides is 1. The summed E-state index contributed by atoms with van der Waals surface area (Å²) in [6.07, 6.45) is 0.984. The van der Waals surface area contributed by atoms with Gasteiger partial charge in [-0.05, 0) is 37.6 Å². The van der Waals surface area contributed by atoms with Crippen LogP contribution in [0.15, 0.2) is 24.3 Å². The number of piperidine rings is 1. The smallest absolute Gasteiger partial charge is 0.220 e. The Balaban J connectivity index is 1.65. The van der Waals surface area contributed by atoms with Crippen LogP contribution in [0.5, 0.6) is 0 Å². The van der Waals surface area contributed by atoms with E-state index in [1.54, 1.807) is 0 Å². The molecule has 1 atom stereocenters. The summed E-state index contributed by atoms with van der Waals surface area (Å²) in [6, 6.07) is 7.50. The summed E-state index contributed by atoms with van der Waals surface area (Å²) in [5, 5.41) is 10.7. The fraction of sp³-hybridized carbons (Fsp3) is 0.562. The molecule has 1 fully saturated rings. The lowest BCUT2D eigenvalue weighted by molar-refractivity contribution is -0.123. The van der Waals surface area contributed by atoms with E-state index in [-0.39, 0.29) is 18.4 Å². The zero-order valence-electron chi connectivity index (χ0n) is 12.6. The summed E-state index contributed by atoms with van der Waals surface area (Å²) in [4.78, 5) is 13.3. The number of carbonyl (C=O) groups is 1. The molecule has 1 heterocycles. The van der Waals surface area contributed by atoms with Crippen molar-refractivity contribution in [3.8, 4) is 0 Å². The minimum Gasteiger partial charge on any atom is -0.389 e. The number of nitrogens with two attached hydrogens (primary N) is 1. The van der Waals surface area contributed by atoms with Crippen LogP contribution < -0.4 is 5.73 Å². The van der Waals surface area contributed by atoms with E-state index in [0.717, 1.165) is 31.5 Å². The third kappa shape index (κ3) is 5.25. The number of benzene rings is 1. The number of nitrogens with zero attached hydrogens (tertiary/aromatic N) is 1. The number of hydrogen-bond donors (Lipinski definition) is 2. The summed E-state index contributed by atoms with van der Waals surface area (Å²) >= 11 is 6.05. The largest absolute Gasteiger partial charge is 0.389 e. The molecule has 2 rings (SSSR count). The molecule has 22 heavy (non-hydrogen) atoms. The minimum atomic E-state index is -0.549. The average molecular weight is 327 g/mol. The van der Waals surface area contributed by atoms with E-state index < -0.39 is 6.10 Å². The quantitative estimate of drug-likeness (QED) is 0.794. The van der Waals surface area contributed by atoms with Crippen LogP contribution in [-0.2, 0) is 16.1 Å². The molecular formula is C16H23ClN2O3. The van der Waals surface area contributed by atoms with Gasteiger partial charge in [-0.2, -0.15) is 0 Å². The van der Waals surface area contributed by atoms with Gasteiger partial charge < -0.3 is 20.5 Å². The Bertz CT molecular complexity index is 490. The SMILES string of the molecule is NC(=O)C1CCN(C[C@@H](O)COCc2ccccc2Cl)CC1. The van der Waals surface area contributed by atoms with Crippen LogP contribution in [0.2, 0.25) is 5.02 Å². The molecule has 0 bridgehead atoms. The predicted octanol–water partition coefficient (Wildman–Crippen LogP) is 1.41. The highest BCUT2D eigenvalue weighted by molar-refractivity contribution is 6.31. The standard InChI is InChI=1S/C16H23ClN2O3/c17-15-4-2-1-3-13(15)10-22-11-14(20)9-19-7-5-12(6-8-19)16(18)21/h1-4,12,14,20H,5-11H2,(H2,18,21)/t14-/m1/s1. The monoisotopic (exact) mass is 326 g/mol. The van der Waals surface area contributed by atoms with E-state index in [1.807, 2.05) is 24.3 Å². The molecule has 1 aromatic rings. The van der Waals surface area contributed by atoms with Gasteiger partial charge in [0.2, 0.25) is 5.91 Å². The lowest BCUT2D eigenvalue weighted by Crippen LogP contribution is -2.42. The molecule has 6 heteroatoms. The number of halogens is 1.